The topological polar surface area (TPSA) is 69.0 Å². The van der Waals surface area contributed by atoms with Gasteiger partial charge in [0.05, 0.1) is 30.7 Å². The van der Waals surface area contributed by atoms with Crippen LogP contribution in [0.1, 0.15) is 58.3 Å². The van der Waals surface area contributed by atoms with Crippen molar-refractivity contribution in [1.82, 2.24) is 4.90 Å². The number of amides is 1. The summed E-state index contributed by atoms with van der Waals surface area (Å²) < 4.78 is 17.7. The van der Waals surface area contributed by atoms with Crippen LogP contribution in [0.3, 0.4) is 0 Å². The van der Waals surface area contributed by atoms with E-state index in [1.165, 1.54) is 0 Å². The monoisotopic (exact) mass is 531 g/mol. The predicted molar refractivity (Wildman–Crippen MR) is 148 cm³/mol. The molecule has 0 spiro atoms. The molecule has 196 valence electrons. The van der Waals surface area contributed by atoms with E-state index in [1.54, 1.807) is 18.1 Å². The molecule has 1 aromatic heterocycles. The van der Waals surface area contributed by atoms with Gasteiger partial charge < -0.3 is 18.8 Å². The van der Waals surface area contributed by atoms with E-state index in [4.69, 9.17) is 25.5 Å². The highest BCUT2D eigenvalue weighted by molar-refractivity contribution is 6.31. The van der Waals surface area contributed by atoms with Gasteiger partial charge in [-0.25, -0.2) is 0 Å². The Morgan fingerprint density at radius 1 is 1.00 bits per heavy atom. The Morgan fingerprint density at radius 3 is 2.45 bits per heavy atom. The van der Waals surface area contributed by atoms with Gasteiger partial charge in [0.25, 0.3) is 5.91 Å². The third-order valence-corrected chi connectivity index (χ3v) is 7.32. The molecule has 2 heterocycles. The number of fused-ring (bicyclic) bond motifs is 2. The van der Waals surface area contributed by atoms with Gasteiger partial charge in [-0.1, -0.05) is 49.7 Å². The van der Waals surface area contributed by atoms with Crippen molar-refractivity contribution in [2.24, 2.45) is 5.92 Å². The van der Waals surface area contributed by atoms with Gasteiger partial charge in [0.2, 0.25) is 5.76 Å². The molecule has 3 aromatic carbocycles. The van der Waals surface area contributed by atoms with Crippen LogP contribution >= 0.6 is 11.6 Å². The summed E-state index contributed by atoms with van der Waals surface area (Å²) in [6.45, 7) is 8.78. The average molecular weight is 532 g/mol. The highest BCUT2D eigenvalue weighted by Crippen LogP contribution is 2.42. The summed E-state index contributed by atoms with van der Waals surface area (Å²) in [7, 11) is 1.57. The molecule has 1 atom stereocenters. The van der Waals surface area contributed by atoms with Crippen LogP contribution in [0.25, 0.3) is 11.0 Å². The summed E-state index contributed by atoms with van der Waals surface area (Å²) in [6.07, 6.45) is 0. The smallest absolute Gasteiger partial charge is 0.291 e. The van der Waals surface area contributed by atoms with Gasteiger partial charge in [0.15, 0.2) is 16.9 Å². The number of ether oxygens (including phenoxy) is 2. The largest absolute Gasteiger partial charge is 0.493 e. The maximum absolute atomic E-state index is 14.0. The highest BCUT2D eigenvalue weighted by Gasteiger charge is 2.43. The second-order valence-corrected chi connectivity index (χ2v) is 10.6. The SMILES string of the molecule is COc1cc(C2c3c(oc4cc(C)c(C)cc4c3=O)C(=O)N2Cc2ccccc2Cl)ccc1OCC(C)C. The molecular weight excluding hydrogens is 502 g/mol. The molecule has 6 nitrogen and oxygen atoms in total. The Hall–Kier alpha value is -3.77. The Balaban J connectivity index is 1.70. The van der Waals surface area contributed by atoms with E-state index in [-0.39, 0.29) is 23.6 Å². The van der Waals surface area contributed by atoms with Crippen LogP contribution in [0.2, 0.25) is 5.02 Å². The number of hydrogen-bond donors (Lipinski definition) is 0. The summed E-state index contributed by atoms with van der Waals surface area (Å²) in [6, 6.07) is 15.8. The van der Waals surface area contributed by atoms with Gasteiger partial charge in [0, 0.05) is 11.6 Å². The summed E-state index contributed by atoms with van der Waals surface area (Å²) in [5.41, 5.74) is 3.95. The van der Waals surface area contributed by atoms with Gasteiger partial charge in [-0.15, -0.1) is 0 Å². The number of hydrogen-bond acceptors (Lipinski definition) is 5. The molecule has 0 bridgehead atoms. The Kier molecular flexibility index (Phi) is 6.93. The molecule has 0 saturated carbocycles. The molecule has 0 saturated heterocycles. The molecule has 0 N–H and O–H groups in total. The molecule has 7 heteroatoms. The zero-order valence-electron chi connectivity index (χ0n) is 22.1. The van der Waals surface area contributed by atoms with Gasteiger partial charge in [0.1, 0.15) is 5.58 Å². The molecular formula is C31H30ClNO5. The van der Waals surface area contributed by atoms with E-state index in [2.05, 4.69) is 13.8 Å². The molecule has 0 aliphatic carbocycles. The average Bonchev–Trinajstić information content (AvgIpc) is 3.16. The third-order valence-electron chi connectivity index (χ3n) is 6.96. The van der Waals surface area contributed by atoms with Gasteiger partial charge in [-0.3, -0.25) is 9.59 Å². The van der Waals surface area contributed by atoms with E-state index >= 15 is 0 Å². The van der Waals surface area contributed by atoms with Crippen molar-refractivity contribution in [1.29, 1.82) is 0 Å². The predicted octanol–water partition coefficient (Wildman–Crippen LogP) is 6.85. The Labute approximate surface area is 226 Å². The number of methoxy groups -OCH3 is 1. The maximum Gasteiger partial charge on any atom is 0.291 e. The van der Waals surface area contributed by atoms with Gasteiger partial charge in [-0.2, -0.15) is 0 Å². The second-order valence-electron chi connectivity index (χ2n) is 10.1. The van der Waals surface area contributed by atoms with Crippen LogP contribution in [0.5, 0.6) is 11.5 Å². The summed E-state index contributed by atoms with van der Waals surface area (Å²) in [5.74, 6) is 1.17. The van der Waals surface area contributed by atoms with E-state index in [9.17, 15) is 9.59 Å². The van der Waals surface area contributed by atoms with E-state index in [0.717, 1.165) is 16.7 Å². The lowest BCUT2D eigenvalue weighted by molar-refractivity contribution is 0.0714. The molecule has 0 fully saturated rings. The third kappa shape index (κ3) is 4.54. The lowest BCUT2D eigenvalue weighted by atomic mass is 9.97. The van der Waals surface area contributed by atoms with Crippen molar-refractivity contribution in [3.05, 3.63) is 103 Å². The first-order chi connectivity index (χ1) is 18.2. The first-order valence-corrected chi connectivity index (χ1v) is 13.0. The second kappa shape index (κ2) is 10.2. The van der Waals surface area contributed by atoms with Crippen LogP contribution in [0.15, 0.2) is 63.8 Å². The molecule has 1 unspecified atom stereocenters. The first kappa shape index (κ1) is 25.9. The number of aryl methyl sites for hydroxylation is 2. The zero-order valence-corrected chi connectivity index (χ0v) is 22.9. The van der Waals surface area contributed by atoms with Crippen molar-refractivity contribution in [3.63, 3.8) is 0 Å². The molecule has 38 heavy (non-hydrogen) atoms. The lowest BCUT2D eigenvalue weighted by Gasteiger charge is -2.26. The maximum atomic E-state index is 14.0. The standard InChI is InChI=1S/C31H30ClNO5/c1-17(2)16-37-24-11-10-20(14-26(24)36-5)28-27-29(34)22-12-18(3)19(4)13-25(22)38-30(27)31(35)33(28)15-21-8-6-7-9-23(21)32/h6-14,17,28H,15-16H2,1-5H3. The van der Waals surface area contributed by atoms with Crippen molar-refractivity contribution in [2.45, 2.75) is 40.3 Å². The normalized spacial score (nSPS) is 14.9. The fourth-order valence-corrected chi connectivity index (χ4v) is 5.02. The number of carbonyl (C=O) groups excluding carboxylic acids is 1. The van der Waals surface area contributed by atoms with Crippen LogP contribution in [0.4, 0.5) is 0 Å². The molecule has 0 radical (unpaired) electrons. The molecule has 1 aliphatic heterocycles. The van der Waals surface area contributed by atoms with Crippen LogP contribution in [-0.4, -0.2) is 24.5 Å². The van der Waals surface area contributed by atoms with Crippen molar-refractivity contribution < 1.29 is 18.7 Å². The number of halogens is 1. The van der Waals surface area contributed by atoms with E-state index < -0.39 is 6.04 Å². The van der Waals surface area contributed by atoms with E-state index in [0.29, 0.717) is 51.1 Å². The summed E-state index contributed by atoms with van der Waals surface area (Å²) >= 11 is 6.48. The minimum absolute atomic E-state index is 0.0573. The fraction of sp³-hybridized carbons (Fsp3) is 0.290. The van der Waals surface area contributed by atoms with Crippen LogP contribution < -0.4 is 14.9 Å². The Bertz CT molecular complexity index is 1610. The van der Waals surface area contributed by atoms with Crippen LogP contribution in [-0.2, 0) is 6.54 Å². The Morgan fingerprint density at radius 2 is 1.74 bits per heavy atom. The van der Waals surface area contributed by atoms with Crippen molar-refractivity contribution in [2.75, 3.05) is 13.7 Å². The highest BCUT2D eigenvalue weighted by atomic mass is 35.5. The van der Waals surface area contributed by atoms with Crippen LogP contribution in [0, 0.1) is 19.8 Å². The lowest BCUT2D eigenvalue weighted by Crippen LogP contribution is -2.29. The zero-order chi connectivity index (χ0) is 27.1. The quantitative estimate of drug-likeness (QED) is 0.261. The number of nitrogens with zero attached hydrogens (tertiary/aromatic N) is 1. The fourth-order valence-electron chi connectivity index (χ4n) is 4.83. The first-order valence-electron chi connectivity index (χ1n) is 12.6. The number of rotatable bonds is 7. The molecule has 4 aromatic rings. The molecule has 5 rings (SSSR count). The van der Waals surface area contributed by atoms with Crippen molar-refractivity contribution >= 4 is 28.5 Å². The minimum atomic E-state index is -0.691. The van der Waals surface area contributed by atoms with Gasteiger partial charge >= 0.3 is 0 Å². The molecule has 1 amide bonds. The van der Waals surface area contributed by atoms with E-state index in [1.807, 2.05) is 62.4 Å². The minimum Gasteiger partial charge on any atom is -0.493 e. The molecule has 1 aliphatic rings. The summed E-state index contributed by atoms with van der Waals surface area (Å²) in [4.78, 5) is 29.4. The van der Waals surface area contributed by atoms with Crippen molar-refractivity contribution in [3.8, 4) is 11.5 Å². The van der Waals surface area contributed by atoms with Gasteiger partial charge in [-0.05, 0) is 72.4 Å². The number of carbonyl (C=O) groups is 1. The summed E-state index contributed by atoms with van der Waals surface area (Å²) in [5, 5.41) is 0.994. The number of benzene rings is 3.